The van der Waals surface area contributed by atoms with Crippen LogP contribution in [0.4, 0.5) is 13.2 Å². The summed E-state index contributed by atoms with van der Waals surface area (Å²) in [6.45, 7) is 1.18. The van der Waals surface area contributed by atoms with Crippen molar-refractivity contribution in [3.8, 4) is 5.75 Å². The van der Waals surface area contributed by atoms with Crippen LogP contribution in [-0.4, -0.2) is 30.5 Å². The lowest BCUT2D eigenvalue weighted by Crippen LogP contribution is -2.35. The molecule has 1 saturated heterocycles. The number of ether oxygens (including phenoxy) is 1. The molecule has 0 saturated carbocycles. The van der Waals surface area contributed by atoms with Gasteiger partial charge in [-0.05, 0) is 31.0 Å². The van der Waals surface area contributed by atoms with Gasteiger partial charge in [-0.25, -0.2) is 0 Å². The maximum absolute atomic E-state index is 12.6. The van der Waals surface area contributed by atoms with Crippen LogP contribution >= 0.6 is 0 Å². The fourth-order valence-corrected chi connectivity index (χ4v) is 2.32. The molecule has 0 aromatic heterocycles. The van der Waals surface area contributed by atoms with Crippen molar-refractivity contribution in [2.24, 2.45) is 0 Å². The van der Waals surface area contributed by atoms with Crippen molar-refractivity contribution in [2.75, 3.05) is 19.7 Å². The van der Waals surface area contributed by atoms with Gasteiger partial charge in [0.25, 0.3) is 5.91 Å². The van der Waals surface area contributed by atoms with E-state index in [2.05, 4.69) is 0 Å². The van der Waals surface area contributed by atoms with E-state index in [1.807, 2.05) is 0 Å². The third-order valence-electron chi connectivity index (χ3n) is 3.48. The maximum atomic E-state index is 12.6. The Morgan fingerprint density at radius 3 is 2.43 bits per heavy atom. The number of benzene rings is 1. The number of likely N-dealkylation sites (tertiary alicyclic amines) is 1. The van der Waals surface area contributed by atoms with Gasteiger partial charge in [0.2, 0.25) is 0 Å². The standard InChI is InChI=1S/C15H18F3NO2/c16-15(17,18)12-6-5-7-13(10-12)21-11-14(20)19-8-3-1-2-4-9-19/h5-7,10H,1-4,8-9,11H2. The Morgan fingerprint density at radius 2 is 1.81 bits per heavy atom. The highest BCUT2D eigenvalue weighted by Gasteiger charge is 2.30. The van der Waals surface area contributed by atoms with Crippen LogP contribution in [0.25, 0.3) is 0 Å². The second-order valence-electron chi connectivity index (χ2n) is 5.11. The highest BCUT2D eigenvalue weighted by atomic mass is 19.4. The summed E-state index contributed by atoms with van der Waals surface area (Å²) < 4.78 is 42.9. The van der Waals surface area contributed by atoms with Crippen LogP contribution in [0.5, 0.6) is 5.75 Å². The number of nitrogens with zero attached hydrogens (tertiary/aromatic N) is 1. The smallest absolute Gasteiger partial charge is 0.416 e. The van der Waals surface area contributed by atoms with E-state index in [0.717, 1.165) is 37.8 Å². The molecule has 0 bridgehead atoms. The van der Waals surface area contributed by atoms with Gasteiger partial charge in [0.15, 0.2) is 6.61 Å². The average Bonchev–Trinajstić information content (AvgIpc) is 2.73. The Kier molecular flexibility index (Phi) is 5.09. The summed E-state index contributed by atoms with van der Waals surface area (Å²) in [6.07, 6.45) is -0.255. The Labute approximate surface area is 121 Å². The van der Waals surface area contributed by atoms with Gasteiger partial charge in [-0.1, -0.05) is 18.9 Å². The molecule has 1 aliphatic rings. The van der Waals surface area contributed by atoms with Gasteiger partial charge in [0, 0.05) is 13.1 Å². The van der Waals surface area contributed by atoms with Crippen LogP contribution in [0.1, 0.15) is 31.2 Å². The van der Waals surface area contributed by atoms with E-state index in [1.165, 1.54) is 12.1 Å². The lowest BCUT2D eigenvalue weighted by atomic mass is 10.2. The predicted octanol–water partition coefficient (Wildman–Crippen LogP) is 3.49. The van der Waals surface area contributed by atoms with Crippen LogP contribution in [0.3, 0.4) is 0 Å². The summed E-state index contributed by atoms with van der Waals surface area (Å²) in [5.41, 5.74) is -0.776. The van der Waals surface area contributed by atoms with Crippen molar-refractivity contribution in [1.29, 1.82) is 0 Å². The first-order chi connectivity index (χ1) is 9.97. The van der Waals surface area contributed by atoms with Crippen molar-refractivity contribution < 1.29 is 22.7 Å². The Bertz CT molecular complexity index is 480. The minimum absolute atomic E-state index is 0.0630. The lowest BCUT2D eigenvalue weighted by Gasteiger charge is -2.20. The summed E-state index contributed by atoms with van der Waals surface area (Å²) in [6, 6.07) is 4.58. The summed E-state index contributed by atoms with van der Waals surface area (Å²) in [4.78, 5) is 13.7. The molecule has 0 aliphatic carbocycles. The van der Waals surface area contributed by atoms with Crippen molar-refractivity contribution in [1.82, 2.24) is 4.90 Å². The molecule has 0 spiro atoms. The number of hydrogen-bond acceptors (Lipinski definition) is 2. The van der Waals surface area contributed by atoms with Gasteiger partial charge in [-0.2, -0.15) is 13.2 Å². The first-order valence-electron chi connectivity index (χ1n) is 7.04. The quantitative estimate of drug-likeness (QED) is 0.855. The Morgan fingerprint density at radius 1 is 1.14 bits per heavy atom. The number of alkyl halides is 3. The SMILES string of the molecule is O=C(COc1cccc(C(F)(F)F)c1)N1CCCCCC1. The third kappa shape index (κ3) is 4.65. The number of carbonyl (C=O) groups is 1. The lowest BCUT2D eigenvalue weighted by molar-refractivity contribution is -0.137. The molecule has 0 atom stereocenters. The zero-order valence-electron chi connectivity index (χ0n) is 11.7. The summed E-state index contributed by atoms with van der Waals surface area (Å²) in [5.74, 6) is -0.109. The van der Waals surface area contributed by atoms with Crippen molar-refractivity contribution >= 4 is 5.91 Å². The highest BCUT2D eigenvalue weighted by molar-refractivity contribution is 5.77. The normalized spacial score (nSPS) is 16.4. The molecule has 1 aliphatic heterocycles. The molecule has 6 heteroatoms. The van der Waals surface area contributed by atoms with Crippen LogP contribution in [0.2, 0.25) is 0 Å². The van der Waals surface area contributed by atoms with E-state index in [-0.39, 0.29) is 18.3 Å². The number of halogens is 3. The molecule has 1 fully saturated rings. The first kappa shape index (κ1) is 15.7. The van der Waals surface area contributed by atoms with Gasteiger partial charge in [-0.3, -0.25) is 4.79 Å². The summed E-state index contributed by atoms with van der Waals surface area (Å²) in [5, 5.41) is 0. The van der Waals surface area contributed by atoms with E-state index in [9.17, 15) is 18.0 Å². The molecule has 116 valence electrons. The fraction of sp³-hybridized carbons (Fsp3) is 0.533. The molecule has 21 heavy (non-hydrogen) atoms. The maximum Gasteiger partial charge on any atom is 0.416 e. The topological polar surface area (TPSA) is 29.5 Å². The monoisotopic (exact) mass is 301 g/mol. The minimum atomic E-state index is -4.41. The second-order valence-corrected chi connectivity index (χ2v) is 5.11. The molecular weight excluding hydrogens is 283 g/mol. The van der Waals surface area contributed by atoms with E-state index in [1.54, 1.807) is 4.90 Å². The van der Waals surface area contributed by atoms with Gasteiger partial charge in [0.1, 0.15) is 5.75 Å². The van der Waals surface area contributed by atoms with Crippen molar-refractivity contribution in [3.63, 3.8) is 0 Å². The molecule has 1 aromatic rings. The molecule has 1 heterocycles. The van der Waals surface area contributed by atoms with Gasteiger partial charge in [0.05, 0.1) is 5.56 Å². The van der Waals surface area contributed by atoms with Crippen molar-refractivity contribution in [2.45, 2.75) is 31.9 Å². The number of amides is 1. The third-order valence-corrected chi connectivity index (χ3v) is 3.48. The molecule has 3 nitrogen and oxygen atoms in total. The van der Waals surface area contributed by atoms with E-state index in [4.69, 9.17) is 4.74 Å². The zero-order valence-corrected chi connectivity index (χ0v) is 11.7. The van der Waals surface area contributed by atoms with E-state index >= 15 is 0 Å². The zero-order chi connectivity index (χ0) is 15.3. The largest absolute Gasteiger partial charge is 0.484 e. The average molecular weight is 301 g/mol. The summed E-state index contributed by atoms with van der Waals surface area (Å²) in [7, 11) is 0. The molecule has 0 N–H and O–H groups in total. The Balaban J connectivity index is 1.91. The fourth-order valence-electron chi connectivity index (χ4n) is 2.32. The van der Waals surface area contributed by atoms with Crippen LogP contribution in [0.15, 0.2) is 24.3 Å². The molecule has 1 aromatic carbocycles. The summed E-state index contributed by atoms with van der Waals surface area (Å²) >= 11 is 0. The number of carbonyl (C=O) groups excluding carboxylic acids is 1. The number of hydrogen-bond donors (Lipinski definition) is 0. The molecule has 0 unspecified atom stereocenters. The second kappa shape index (κ2) is 6.83. The minimum Gasteiger partial charge on any atom is -0.484 e. The van der Waals surface area contributed by atoms with Crippen LogP contribution < -0.4 is 4.74 Å². The first-order valence-corrected chi connectivity index (χ1v) is 7.04. The molecule has 2 rings (SSSR count). The molecule has 1 amide bonds. The van der Waals surface area contributed by atoms with Crippen LogP contribution in [0, 0.1) is 0 Å². The van der Waals surface area contributed by atoms with Gasteiger partial charge >= 0.3 is 6.18 Å². The van der Waals surface area contributed by atoms with Gasteiger partial charge in [-0.15, -0.1) is 0 Å². The molecule has 0 radical (unpaired) electrons. The highest BCUT2D eigenvalue weighted by Crippen LogP contribution is 2.31. The van der Waals surface area contributed by atoms with E-state index < -0.39 is 11.7 Å². The Hall–Kier alpha value is -1.72. The molecular formula is C15H18F3NO2. The van der Waals surface area contributed by atoms with Crippen molar-refractivity contribution in [3.05, 3.63) is 29.8 Å². The van der Waals surface area contributed by atoms with E-state index in [0.29, 0.717) is 13.1 Å². The number of rotatable bonds is 3. The van der Waals surface area contributed by atoms with Gasteiger partial charge < -0.3 is 9.64 Å². The predicted molar refractivity (Wildman–Crippen MR) is 72.0 cm³/mol. The van der Waals surface area contributed by atoms with Crippen LogP contribution in [-0.2, 0) is 11.0 Å².